The summed E-state index contributed by atoms with van der Waals surface area (Å²) in [5.41, 5.74) is 3.11. The number of nitrogens with zero attached hydrogens (tertiary/aromatic N) is 2. The zero-order chi connectivity index (χ0) is 16.2. The zero-order valence-corrected chi connectivity index (χ0v) is 13.5. The van der Waals surface area contributed by atoms with Crippen molar-refractivity contribution in [3.05, 3.63) is 53.7 Å². The molecule has 1 atom stereocenters. The van der Waals surface area contributed by atoms with E-state index in [0.29, 0.717) is 19.0 Å². The van der Waals surface area contributed by atoms with Crippen LogP contribution in [0.1, 0.15) is 17.5 Å². The van der Waals surface area contributed by atoms with Gasteiger partial charge in [0.15, 0.2) is 0 Å². The van der Waals surface area contributed by atoms with Crippen molar-refractivity contribution in [1.29, 1.82) is 0 Å². The van der Waals surface area contributed by atoms with Gasteiger partial charge in [-0.25, -0.2) is 9.78 Å². The summed E-state index contributed by atoms with van der Waals surface area (Å²) < 4.78 is 5.81. The molecule has 0 spiro atoms. The summed E-state index contributed by atoms with van der Waals surface area (Å²) in [7, 11) is 0. The fourth-order valence-electron chi connectivity index (χ4n) is 2.85. The molecule has 0 radical (unpaired) electrons. The maximum absolute atomic E-state index is 12.4. The molecule has 1 aromatic carbocycles. The Morgan fingerprint density at radius 2 is 2.04 bits per heavy atom. The monoisotopic (exact) mass is 311 g/mol. The van der Waals surface area contributed by atoms with Crippen molar-refractivity contribution in [2.24, 2.45) is 0 Å². The van der Waals surface area contributed by atoms with E-state index >= 15 is 0 Å². The predicted octanol–water partition coefficient (Wildman–Crippen LogP) is 3.38. The van der Waals surface area contributed by atoms with Crippen LogP contribution in [0.3, 0.4) is 0 Å². The number of nitrogens with one attached hydrogen (secondary N) is 1. The number of aromatic nitrogens is 1. The summed E-state index contributed by atoms with van der Waals surface area (Å²) in [5, 5.41) is 2.97. The summed E-state index contributed by atoms with van der Waals surface area (Å²) in [6.45, 7) is 5.31. The zero-order valence-electron chi connectivity index (χ0n) is 13.5. The number of urea groups is 1. The van der Waals surface area contributed by atoms with Crippen LogP contribution in [0.25, 0.3) is 0 Å². The fraction of sp³-hybridized carbons (Fsp3) is 0.333. The molecule has 1 aliphatic heterocycles. The third-order valence-electron chi connectivity index (χ3n) is 3.83. The van der Waals surface area contributed by atoms with Gasteiger partial charge in [0.25, 0.3) is 0 Å². The summed E-state index contributed by atoms with van der Waals surface area (Å²) >= 11 is 0. The summed E-state index contributed by atoms with van der Waals surface area (Å²) in [6, 6.07) is 11.5. The van der Waals surface area contributed by atoms with Crippen LogP contribution in [0.15, 0.2) is 42.6 Å². The van der Waals surface area contributed by atoms with Crippen molar-refractivity contribution < 1.29 is 9.53 Å². The molecular formula is C18H21N3O2. The molecule has 1 aromatic heterocycles. The van der Waals surface area contributed by atoms with E-state index in [4.69, 9.17) is 4.74 Å². The lowest BCUT2D eigenvalue weighted by Crippen LogP contribution is -2.34. The molecule has 0 aliphatic carbocycles. The first-order valence-corrected chi connectivity index (χ1v) is 7.82. The van der Waals surface area contributed by atoms with Gasteiger partial charge < -0.3 is 15.0 Å². The molecule has 5 nitrogen and oxygen atoms in total. The van der Waals surface area contributed by atoms with Crippen LogP contribution in [0, 0.1) is 13.8 Å². The maximum atomic E-state index is 12.4. The van der Waals surface area contributed by atoms with Gasteiger partial charge in [-0.1, -0.05) is 12.1 Å². The van der Waals surface area contributed by atoms with Crippen molar-refractivity contribution >= 4 is 11.7 Å². The van der Waals surface area contributed by atoms with Gasteiger partial charge in [0.2, 0.25) is 5.88 Å². The van der Waals surface area contributed by atoms with Crippen LogP contribution in [0.5, 0.6) is 5.88 Å². The second kappa shape index (κ2) is 6.69. The van der Waals surface area contributed by atoms with Gasteiger partial charge in [-0.3, -0.25) is 0 Å². The molecule has 1 N–H and O–H groups in total. The average molecular weight is 311 g/mol. The average Bonchev–Trinajstić information content (AvgIpc) is 2.96. The highest BCUT2D eigenvalue weighted by molar-refractivity contribution is 5.89. The van der Waals surface area contributed by atoms with E-state index in [1.165, 1.54) is 0 Å². The first-order valence-electron chi connectivity index (χ1n) is 7.82. The second-order valence-corrected chi connectivity index (χ2v) is 5.95. The number of likely N-dealkylation sites (tertiary alicyclic amines) is 1. The molecule has 3 rings (SSSR count). The lowest BCUT2D eigenvalue weighted by Gasteiger charge is -2.18. The van der Waals surface area contributed by atoms with Crippen molar-refractivity contribution in [2.75, 3.05) is 18.4 Å². The molecule has 23 heavy (non-hydrogen) atoms. The van der Waals surface area contributed by atoms with Gasteiger partial charge >= 0.3 is 6.03 Å². The summed E-state index contributed by atoms with van der Waals surface area (Å²) in [4.78, 5) is 18.3. The highest BCUT2D eigenvalue weighted by atomic mass is 16.5. The lowest BCUT2D eigenvalue weighted by atomic mass is 10.1. The number of hydrogen-bond acceptors (Lipinski definition) is 3. The van der Waals surface area contributed by atoms with Crippen molar-refractivity contribution in [3.8, 4) is 5.88 Å². The number of aryl methyl sites for hydroxylation is 2. The Kier molecular flexibility index (Phi) is 4.46. The second-order valence-electron chi connectivity index (χ2n) is 5.95. The number of carbonyl (C=O) groups is 1. The summed E-state index contributed by atoms with van der Waals surface area (Å²) in [5.74, 6) is 0.606. The topological polar surface area (TPSA) is 54.5 Å². The smallest absolute Gasteiger partial charge is 0.321 e. The van der Waals surface area contributed by atoms with E-state index in [9.17, 15) is 4.79 Å². The minimum atomic E-state index is -0.0814. The van der Waals surface area contributed by atoms with E-state index in [0.717, 1.165) is 23.2 Å². The SMILES string of the molecule is Cc1cc(C)cc(NC(=O)N2CCC(Oc3ccccn3)C2)c1. The van der Waals surface area contributed by atoms with Crippen molar-refractivity contribution in [3.63, 3.8) is 0 Å². The van der Waals surface area contributed by atoms with Crippen LogP contribution in [-0.4, -0.2) is 35.1 Å². The van der Waals surface area contributed by atoms with E-state index < -0.39 is 0 Å². The Hall–Kier alpha value is -2.56. The highest BCUT2D eigenvalue weighted by Crippen LogP contribution is 2.19. The van der Waals surface area contributed by atoms with Crippen LogP contribution < -0.4 is 10.1 Å². The number of carbonyl (C=O) groups excluding carboxylic acids is 1. The molecule has 5 heteroatoms. The van der Waals surface area contributed by atoms with E-state index in [-0.39, 0.29) is 12.1 Å². The number of anilines is 1. The molecular weight excluding hydrogens is 290 g/mol. The summed E-state index contributed by atoms with van der Waals surface area (Å²) in [6.07, 6.45) is 2.51. The molecule has 120 valence electrons. The van der Waals surface area contributed by atoms with Crippen LogP contribution >= 0.6 is 0 Å². The Balaban J connectivity index is 1.57. The third-order valence-corrected chi connectivity index (χ3v) is 3.83. The van der Waals surface area contributed by atoms with Crippen molar-refractivity contribution in [2.45, 2.75) is 26.4 Å². The first kappa shape index (κ1) is 15.3. The molecule has 1 fully saturated rings. The number of benzene rings is 1. The molecule has 2 amide bonds. The number of hydrogen-bond donors (Lipinski definition) is 1. The van der Waals surface area contributed by atoms with E-state index in [1.807, 2.05) is 44.2 Å². The van der Waals surface area contributed by atoms with E-state index in [1.54, 1.807) is 11.1 Å². The Morgan fingerprint density at radius 1 is 1.26 bits per heavy atom. The Morgan fingerprint density at radius 3 is 2.74 bits per heavy atom. The first-order chi connectivity index (χ1) is 11.1. The normalized spacial score (nSPS) is 17.1. The minimum absolute atomic E-state index is 0.00473. The fourth-order valence-corrected chi connectivity index (χ4v) is 2.85. The van der Waals surface area contributed by atoms with Crippen LogP contribution in [0.2, 0.25) is 0 Å². The minimum Gasteiger partial charge on any atom is -0.472 e. The number of ether oxygens (including phenoxy) is 1. The largest absolute Gasteiger partial charge is 0.472 e. The van der Waals surface area contributed by atoms with Gasteiger partial charge in [0.05, 0.1) is 6.54 Å². The Labute approximate surface area is 136 Å². The standard InChI is InChI=1S/C18H21N3O2/c1-13-9-14(2)11-15(10-13)20-18(22)21-8-6-16(12-21)23-17-5-3-4-7-19-17/h3-5,7,9-11,16H,6,8,12H2,1-2H3,(H,20,22). The predicted molar refractivity (Wildman–Crippen MR) is 89.8 cm³/mol. The highest BCUT2D eigenvalue weighted by Gasteiger charge is 2.27. The van der Waals surface area contributed by atoms with Crippen LogP contribution in [-0.2, 0) is 0 Å². The number of amides is 2. The van der Waals surface area contributed by atoms with Crippen LogP contribution in [0.4, 0.5) is 10.5 Å². The number of rotatable bonds is 3. The molecule has 0 bridgehead atoms. The molecule has 2 heterocycles. The maximum Gasteiger partial charge on any atom is 0.321 e. The third kappa shape index (κ3) is 4.00. The van der Waals surface area contributed by atoms with E-state index in [2.05, 4.69) is 16.4 Å². The van der Waals surface area contributed by atoms with Gasteiger partial charge in [0.1, 0.15) is 6.10 Å². The lowest BCUT2D eigenvalue weighted by molar-refractivity contribution is 0.190. The number of pyridine rings is 1. The molecule has 1 unspecified atom stereocenters. The molecule has 1 aliphatic rings. The Bertz CT molecular complexity index is 668. The molecule has 0 saturated carbocycles. The van der Waals surface area contributed by atoms with Gasteiger partial charge in [-0.15, -0.1) is 0 Å². The van der Waals surface area contributed by atoms with Crippen molar-refractivity contribution in [1.82, 2.24) is 9.88 Å². The molecule has 2 aromatic rings. The molecule has 1 saturated heterocycles. The van der Waals surface area contributed by atoms with Gasteiger partial charge in [-0.2, -0.15) is 0 Å². The quantitative estimate of drug-likeness (QED) is 0.945. The van der Waals surface area contributed by atoms with Gasteiger partial charge in [-0.05, 0) is 43.2 Å². The van der Waals surface area contributed by atoms with Gasteiger partial charge in [0, 0.05) is 30.9 Å².